The minimum absolute atomic E-state index is 0.00190. The van der Waals surface area contributed by atoms with Gasteiger partial charge in [0, 0.05) is 175 Å². The smallest absolute Gasteiger partial charge is 0.319 e. The van der Waals surface area contributed by atoms with E-state index in [1.165, 1.54) is 49.0 Å². The molecule has 0 N–H and O–H groups in total. The fourth-order valence-corrected chi connectivity index (χ4v) is 24.5. The van der Waals surface area contributed by atoms with Gasteiger partial charge in [0.2, 0.25) is 17.7 Å². The van der Waals surface area contributed by atoms with Gasteiger partial charge in [-0.15, -0.1) is 6.42 Å². The van der Waals surface area contributed by atoms with Gasteiger partial charge in [0.25, 0.3) is 0 Å². The minimum Gasteiger partial charge on any atom is -0.461 e. The number of halogens is 9. The highest BCUT2D eigenvalue weighted by Gasteiger charge is 2.57. The summed E-state index contributed by atoms with van der Waals surface area (Å²) in [4.78, 5) is 99.6. The average molecular weight is 1890 g/mol. The summed E-state index contributed by atoms with van der Waals surface area (Å²) in [5, 5.41) is 3.87. The Kier molecular flexibility index (Phi) is 23.4. The first-order valence-electron chi connectivity index (χ1n) is 46.9. The van der Waals surface area contributed by atoms with Gasteiger partial charge in [0.15, 0.2) is 17.5 Å². The van der Waals surface area contributed by atoms with Crippen LogP contribution < -0.4 is 28.9 Å². The van der Waals surface area contributed by atoms with Gasteiger partial charge in [-0.3, -0.25) is 44.0 Å². The van der Waals surface area contributed by atoms with Crippen LogP contribution in [0.5, 0.6) is 18.0 Å². The number of pyridine rings is 3. The largest absolute Gasteiger partial charge is 0.461 e. The number of hydrogen-bond donors (Lipinski definition) is 0. The lowest BCUT2D eigenvalue weighted by molar-refractivity contribution is -0.125. The second-order valence-electron chi connectivity index (χ2n) is 38.5. The van der Waals surface area contributed by atoms with Crippen molar-refractivity contribution in [1.82, 2.24) is 74.3 Å². The first-order valence-corrected chi connectivity index (χ1v) is 47.3. The molecule has 9 fully saturated rings. The number of carbonyl (C=O) groups is 3. The van der Waals surface area contributed by atoms with Crippen molar-refractivity contribution in [2.24, 2.45) is 5.92 Å². The normalized spacial score (nSPS) is 24.9. The topological polar surface area (TPSA) is 224 Å². The summed E-state index contributed by atoms with van der Waals surface area (Å²) in [5.74, 6) is -1.24. The van der Waals surface area contributed by atoms with E-state index in [2.05, 4.69) is 40.4 Å². The number of alkyl halides is 3. The van der Waals surface area contributed by atoms with Crippen LogP contribution in [-0.4, -0.2) is 252 Å². The first-order chi connectivity index (χ1) is 66.1. The molecule has 0 radical (unpaired) electrons. The van der Waals surface area contributed by atoms with Crippen LogP contribution in [0.3, 0.4) is 0 Å². The number of likely N-dealkylation sites (N-methyl/N-ethyl adjacent to an activating group) is 3. The van der Waals surface area contributed by atoms with Crippen molar-refractivity contribution < 1.29 is 63.7 Å². The SMILES string of the molecule is C#Cc1c(F)cc(C2CC[C@@]3(COc4nc(N(C)[C@@H]5CCN(C(=O)C=C)C5)c5cnc(-c6cccc7ccc(F)c(CC)c67)c(F)c5n4)C[C@@H](F)CN23)c2cccc(-c3ncc4c(N(C)[C@@H]5CCN(C(=O)C=C)C5)nc(OC[C@@]56CCC(c7ccc(Cl)c8c(-c9ncc%10c(N(C)[C@H]%11CN(C(=O)C=C)C[C@@H]%11C)nc(OC[C@@]%11%12CCCN%11C[C@H](F)C%12)nc%10c9F)cccc78)N5C[C@H](F)C6)nc4c3F)c12. The van der Waals surface area contributed by atoms with Gasteiger partial charge >= 0.3 is 18.0 Å². The molecule has 9 saturated heterocycles. The lowest BCUT2D eigenvalue weighted by Gasteiger charge is -2.35. The molecule has 0 bridgehead atoms. The number of nitrogens with zero attached hydrogens (tertiary/aromatic N) is 18. The third-order valence-electron chi connectivity index (χ3n) is 31.0. The number of carbonyl (C=O) groups excluding carboxylic acids is 3. The number of fused-ring (bicyclic) bond motifs is 9. The Hall–Kier alpha value is -12.8. The minimum atomic E-state index is -1.39. The molecule has 0 saturated carbocycles. The predicted octanol–water partition coefficient (Wildman–Crippen LogP) is 17.3. The number of terminal acetylenes is 1. The average Bonchev–Trinajstić information content (AvgIpc) is 1.62. The number of rotatable bonds is 24. The van der Waals surface area contributed by atoms with Crippen LogP contribution in [0.25, 0.3) is 98.8 Å². The summed E-state index contributed by atoms with van der Waals surface area (Å²) in [5.41, 5.74) is -1.31. The predicted molar refractivity (Wildman–Crippen MR) is 510 cm³/mol. The summed E-state index contributed by atoms with van der Waals surface area (Å²) >= 11 is 7.33. The summed E-state index contributed by atoms with van der Waals surface area (Å²) in [6.07, 6.45) is 15.6. The van der Waals surface area contributed by atoms with E-state index < -0.39 is 76.3 Å². The van der Waals surface area contributed by atoms with Gasteiger partial charge in [-0.05, 0) is 145 Å². The molecule has 12 atom stereocenters. The molecule has 2 unspecified atom stereocenters. The van der Waals surface area contributed by atoms with Crippen molar-refractivity contribution in [1.29, 1.82) is 0 Å². The second kappa shape index (κ2) is 35.3. The van der Waals surface area contributed by atoms with Gasteiger partial charge in [-0.2, -0.15) is 29.9 Å². The molecule has 12 aromatic rings. The molecule has 0 spiro atoms. The number of ether oxygens (including phenoxy) is 3. The Bertz CT molecular complexity index is 7080. The molecular weight excluding hydrogens is 1780 g/mol. The van der Waals surface area contributed by atoms with Crippen molar-refractivity contribution in [3.63, 3.8) is 0 Å². The summed E-state index contributed by atoms with van der Waals surface area (Å²) in [6.45, 7) is 17.7. The maximum Gasteiger partial charge on any atom is 0.319 e. The van der Waals surface area contributed by atoms with E-state index in [4.69, 9.17) is 72.1 Å². The van der Waals surface area contributed by atoms with E-state index in [9.17, 15) is 14.4 Å². The van der Waals surface area contributed by atoms with Gasteiger partial charge in [-0.1, -0.05) is 118 Å². The Labute approximate surface area is 790 Å². The molecule has 137 heavy (non-hydrogen) atoms. The Balaban J connectivity index is 0.599. The number of anilines is 3. The quantitative estimate of drug-likeness (QED) is 0.0311. The van der Waals surface area contributed by atoms with Gasteiger partial charge in [0.05, 0.1) is 44.4 Å². The lowest BCUT2D eigenvalue weighted by Crippen LogP contribution is -2.44. The molecule has 33 heteroatoms. The monoisotopic (exact) mass is 1880 g/mol. The third kappa shape index (κ3) is 15.3. The van der Waals surface area contributed by atoms with Crippen LogP contribution in [-0.2, 0) is 20.8 Å². The molecular formula is C104H101ClF8N18O6. The fourth-order valence-electron chi connectivity index (χ4n) is 24.2. The Morgan fingerprint density at radius 2 is 0.978 bits per heavy atom. The lowest BCUT2D eigenvalue weighted by atomic mass is 9.89. The standard InChI is InChI=1S/C104H101ClF8N18O6/c1-10-63-76(109)28-25-57-19-15-22-68(84(57)63)90-87(111)93-72(43-114-90)96(123(7)61-31-37-126(50-61)81(132)12-3)120-99(117-93)137-55-104-35-30-79(131(104)49-60(108)42-104)71-39-77(110)64(11-2)85-67(71)21-17-23-69(85)91-88(112)94-73(44-115-91)97(124(8)62-32-38-127(51-62)82(133)13-4)121-100(118-94)136-54-103-34-29-78(130(103)48-59(107)41-103)65-26-27-75(105)86-66(65)20-16-24-70(86)92-89(113)95-74(45-116-92)98(125(9)80-52-128(46-56(80)6)83(134)14-5)122-101(119-95)135-53-102-33-18-36-129(102)47-58(106)40-102/h2,12-17,19-28,39,43-45,56,58-62,78-80H,3-5,10,18,29-38,40-42,46-55H2,1,6-9H3/t56-,58+,59+,60+,61+,62+,78?,79?,80-,102-,103-,104-/m0/s1. The molecule has 9 aliphatic heterocycles. The highest BCUT2D eigenvalue weighted by molar-refractivity contribution is 6.37. The van der Waals surface area contributed by atoms with E-state index >= 15 is 35.1 Å². The molecule has 3 amide bonds. The summed E-state index contributed by atoms with van der Waals surface area (Å²) in [7, 11) is 5.39. The van der Waals surface area contributed by atoms with Crippen LogP contribution in [0.15, 0.2) is 141 Å². The molecule has 21 rings (SSSR count). The molecule has 9 aliphatic rings. The van der Waals surface area contributed by atoms with E-state index in [0.29, 0.717) is 151 Å². The van der Waals surface area contributed by atoms with Crippen molar-refractivity contribution in [3.8, 4) is 64.1 Å². The second-order valence-corrected chi connectivity index (χ2v) is 38.9. The maximum absolute atomic E-state index is 18.9. The van der Waals surface area contributed by atoms with E-state index in [-0.39, 0.29) is 196 Å². The number of hydrogen-bond acceptors (Lipinski definition) is 21. The van der Waals surface area contributed by atoms with Gasteiger partial charge in [0.1, 0.15) is 101 Å². The maximum atomic E-state index is 18.9. The van der Waals surface area contributed by atoms with E-state index in [0.717, 1.165) is 18.5 Å². The molecule has 0 aliphatic carbocycles. The van der Waals surface area contributed by atoms with E-state index in [1.807, 2.05) is 58.7 Å². The first kappa shape index (κ1) is 90.6. The zero-order chi connectivity index (χ0) is 95.3. The summed E-state index contributed by atoms with van der Waals surface area (Å²) < 4.78 is 157. The van der Waals surface area contributed by atoms with Crippen LogP contribution in [0.4, 0.5) is 52.6 Å². The Morgan fingerprint density at radius 3 is 1.50 bits per heavy atom. The van der Waals surface area contributed by atoms with Gasteiger partial charge < -0.3 is 43.6 Å². The van der Waals surface area contributed by atoms with Crippen LogP contribution in [0, 0.1) is 47.3 Å². The van der Waals surface area contributed by atoms with E-state index in [1.54, 1.807) is 83.4 Å². The fraction of sp³-hybridized carbons (Fsp3) is 0.404. The number of aryl methyl sites for hydroxylation is 1. The zero-order valence-electron chi connectivity index (χ0n) is 76.5. The molecule has 15 heterocycles. The van der Waals surface area contributed by atoms with Crippen LogP contribution >= 0.6 is 11.6 Å². The molecule has 6 aromatic carbocycles. The number of aromatic nitrogens is 9. The summed E-state index contributed by atoms with van der Waals surface area (Å²) in [6, 6.07) is 21.1. The highest BCUT2D eigenvalue weighted by Crippen LogP contribution is 2.56. The van der Waals surface area contributed by atoms with Crippen LogP contribution in [0.1, 0.15) is 119 Å². The third-order valence-corrected chi connectivity index (χ3v) is 31.3. The van der Waals surface area contributed by atoms with Crippen molar-refractivity contribution in [3.05, 3.63) is 198 Å². The highest BCUT2D eigenvalue weighted by atomic mass is 35.5. The molecule has 24 nitrogen and oxygen atoms in total. The van der Waals surface area contributed by atoms with Gasteiger partial charge in [-0.25, -0.2) is 35.1 Å². The Morgan fingerprint density at radius 1 is 0.511 bits per heavy atom. The molecule has 706 valence electrons. The number of benzene rings is 6. The molecule has 6 aromatic heterocycles. The number of amides is 3. The van der Waals surface area contributed by atoms with Crippen molar-refractivity contribution >= 4 is 112 Å². The zero-order valence-corrected chi connectivity index (χ0v) is 77.3. The van der Waals surface area contributed by atoms with Crippen molar-refractivity contribution in [2.75, 3.05) is 121 Å². The number of likely N-dealkylation sites (tertiary alicyclic amines) is 3. The van der Waals surface area contributed by atoms with Crippen molar-refractivity contribution in [2.45, 2.75) is 156 Å². The van der Waals surface area contributed by atoms with Crippen LogP contribution in [0.2, 0.25) is 5.02 Å².